The lowest BCUT2D eigenvalue weighted by molar-refractivity contribution is 0.0945. The number of unbranched alkanes of at least 4 members (excludes halogenated alkanes) is 2. The molecule has 1 amide bonds. The van der Waals surface area contributed by atoms with Crippen molar-refractivity contribution in [2.75, 3.05) is 33.3 Å². The fourth-order valence-electron chi connectivity index (χ4n) is 3.21. The van der Waals surface area contributed by atoms with E-state index in [9.17, 15) is 4.79 Å². The number of nitrogens with zero attached hydrogens (tertiary/aromatic N) is 1. The Morgan fingerprint density at radius 3 is 2.30 bits per heavy atom. The zero-order valence-corrected chi connectivity index (χ0v) is 18.3. The van der Waals surface area contributed by atoms with Gasteiger partial charge in [0.05, 0.1) is 12.7 Å². The van der Waals surface area contributed by atoms with Crippen LogP contribution in [0.25, 0.3) is 10.8 Å². The number of hydrogen-bond acceptors (Lipinski definition) is 3. The van der Waals surface area contributed by atoms with Crippen molar-refractivity contribution in [2.45, 2.75) is 39.5 Å². The molecule has 0 aliphatic heterocycles. The molecule has 2 aromatic carbocycles. The van der Waals surface area contributed by atoms with E-state index < -0.39 is 0 Å². The molecule has 0 atom stereocenters. The quantitative estimate of drug-likeness (QED) is 0.525. The van der Waals surface area contributed by atoms with Gasteiger partial charge in [0.15, 0.2) is 0 Å². The SMILES string of the molecule is CCCCN(CCCC)CCNC(=O)c1cc(Br)c2ccccc2c1OC. The maximum absolute atomic E-state index is 12.8. The molecule has 5 heteroatoms. The number of benzene rings is 2. The van der Waals surface area contributed by atoms with Gasteiger partial charge in [-0.25, -0.2) is 0 Å². The van der Waals surface area contributed by atoms with Crippen molar-refractivity contribution in [3.05, 3.63) is 40.4 Å². The van der Waals surface area contributed by atoms with Gasteiger partial charge in [0.1, 0.15) is 5.75 Å². The number of nitrogens with one attached hydrogen (secondary N) is 1. The molecule has 0 heterocycles. The first-order valence-corrected chi connectivity index (χ1v) is 10.7. The first-order valence-electron chi connectivity index (χ1n) is 9.88. The molecule has 27 heavy (non-hydrogen) atoms. The van der Waals surface area contributed by atoms with Crippen molar-refractivity contribution >= 4 is 32.6 Å². The Hall–Kier alpha value is -1.59. The Kier molecular flexibility index (Phi) is 9.08. The normalized spacial score (nSPS) is 11.1. The summed E-state index contributed by atoms with van der Waals surface area (Å²) in [5, 5.41) is 5.04. The summed E-state index contributed by atoms with van der Waals surface area (Å²) >= 11 is 3.58. The van der Waals surface area contributed by atoms with Gasteiger partial charge in [-0.05, 0) is 37.4 Å². The van der Waals surface area contributed by atoms with Gasteiger partial charge in [-0.2, -0.15) is 0 Å². The Morgan fingerprint density at radius 1 is 1.07 bits per heavy atom. The molecule has 0 unspecified atom stereocenters. The third-order valence-electron chi connectivity index (χ3n) is 4.76. The monoisotopic (exact) mass is 434 g/mol. The molecule has 2 rings (SSSR count). The molecule has 0 spiro atoms. The van der Waals surface area contributed by atoms with Crippen LogP contribution < -0.4 is 10.1 Å². The average molecular weight is 435 g/mol. The summed E-state index contributed by atoms with van der Waals surface area (Å²) in [5.74, 6) is 0.532. The van der Waals surface area contributed by atoms with Crippen molar-refractivity contribution in [3.8, 4) is 5.75 Å². The van der Waals surface area contributed by atoms with Gasteiger partial charge in [0.25, 0.3) is 5.91 Å². The Bertz CT molecular complexity index is 740. The predicted octanol–water partition coefficient (Wildman–Crippen LogP) is 5.24. The molecule has 0 fully saturated rings. The van der Waals surface area contributed by atoms with Crippen LogP contribution in [0.4, 0.5) is 0 Å². The first-order chi connectivity index (χ1) is 13.1. The second-order valence-corrected chi connectivity index (χ2v) is 7.64. The topological polar surface area (TPSA) is 41.6 Å². The number of rotatable bonds is 11. The van der Waals surface area contributed by atoms with Crippen molar-refractivity contribution in [3.63, 3.8) is 0 Å². The lowest BCUT2D eigenvalue weighted by atomic mass is 10.0. The number of carbonyl (C=O) groups excluding carboxylic acids is 1. The number of fused-ring (bicyclic) bond motifs is 1. The summed E-state index contributed by atoms with van der Waals surface area (Å²) in [6.07, 6.45) is 4.78. The summed E-state index contributed by atoms with van der Waals surface area (Å²) in [5.41, 5.74) is 0.566. The van der Waals surface area contributed by atoms with Crippen molar-refractivity contribution in [1.29, 1.82) is 0 Å². The number of hydrogen-bond donors (Lipinski definition) is 1. The third-order valence-corrected chi connectivity index (χ3v) is 5.42. The number of amides is 1. The molecule has 1 N–H and O–H groups in total. The molecule has 4 nitrogen and oxygen atoms in total. The molecule has 2 aromatic rings. The van der Waals surface area contributed by atoms with Crippen LogP contribution in [-0.2, 0) is 0 Å². The molecule has 148 valence electrons. The smallest absolute Gasteiger partial charge is 0.255 e. The van der Waals surface area contributed by atoms with Gasteiger partial charge in [-0.15, -0.1) is 0 Å². The van der Waals surface area contributed by atoms with E-state index >= 15 is 0 Å². The standard InChI is InChI=1S/C22H31BrN2O2/c1-4-6-13-25(14-7-5-2)15-12-24-22(26)19-16-20(23)17-10-8-9-11-18(17)21(19)27-3/h8-11,16H,4-7,12-15H2,1-3H3,(H,24,26). The van der Waals surface area contributed by atoms with Crippen LogP contribution >= 0.6 is 15.9 Å². The zero-order chi connectivity index (χ0) is 19.6. The van der Waals surface area contributed by atoms with E-state index in [4.69, 9.17) is 4.74 Å². The zero-order valence-electron chi connectivity index (χ0n) is 16.7. The van der Waals surface area contributed by atoms with Crippen LogP contribution in [0.2, 0.25) is 0 Å². The van der Waals surface area contributed by atoms with E-state index in [1.165, 1.54) is 25.7 Å². The summed E-state index contributed by atoms with van der Waals surface area (Å²) < 4.78 is 6.48. The Labute approximate surface area is 171 Å². The summed E-state index contributed by atoms with van der Waals surface area (Å²) in [6, 6.07) is 9.78. The van der Waals surface area contributed by atoms with Gasteiger partial charge in [-0.3, -0.25) is 4.79 Å². The molecule has 0 aliphatic rings. The van der Waals surface area contributed by atoms with Gasteiger partial charge >= 0.3 is 0 Å². The maximum Gasteiger partial charge on any atom is 0.255 e. The molecule has 0 saturated heterocycles. The van der Waals surface area contributed by atoms with E-state index in [0.717, 1.165) is 34.9 Å². The van der Waals surface area contributed by atoms with E-state index in [0.29, 0.717) is 17.9 Å². The molecule has 0 aliphatic carbocycles. The van der Waals surface area contributed by atoms with E-state index in [2.05, 4.69) is 40.0 Å². The average Bonchev–Trinajstić information content (AvgIpc) is 2.69. The van der Waals surface area contributed by atoms with Gasteiger partial charge in [-0.1, -0.05) is 66.9 Å². The highest BCUT2D eigenvalue weighted by Gasteiger charge is 2.17. The van der Waals surface area contributed by atoms with Crippen molar-refractivity contribution in [2.24, 2.45) is 0 Å². The minimum Gasteiger partial charge on any atom is -0.495 e. The fraction of sp³-hybridized carbons (Fsp3) is 0.500. The molecule has 0 aromatic heterocycles. The number of methoxy groups -OCH3 is 1. The second-order valence-electron chi connectivity index (χ2n) is 6.79. The van der Waals surface area contributed by atoms with Crippen LogP contribution in [0.15, 0.2) is 34.8 Å². The number of carbonyl (C=O) groups is 1. The lowest BCUT2D eigenvalue weighted by Gasteiger charge is -2.22. The Morgan fingerprint density at radius 2 is 1.70 bits per heavy atom. The third kappa shape index (κ3) is 5.94. The highest BCUT2D eigenvalue weighted by atomic mass is 79.9. The van der Waals surface area contributed by atoms with Crippen LogP contribution in [-0.4, -0.2) is 44.1 Å². The summed E-state index contributed by atoms with van der Waals surface area (Å²) in [7, 11) is 1.61. The molecular weight excluding hydrogens is 404 g/mol. The van der Waals surface area contributed by atoms with E-state index in [1.807, 2.05) is 30.3 Å². The lowest BCUT2D eigenvalue weighted by Crippen LogP contribution is -2.36. The van der Waals surface area contributed by atoms with Crippen molar-refractivity contribution < 1.29 is 9.53 Å². The minimum atomic E-state index is -0.0933. The highest BCUT2D eigenvalue weighted by molar-refractivity contribution is 9.10. The van der Waals surface area contributed by atoms with Gasteiger partial charge in [0.2, 0.25) is 0 Å². The largest absolute Gasteiger partial charge is 0.495 e. The van der Waals surface area contributed by atoms with Crippen LogP contribution in [0, 0.1) is 0 Å². The Balaban J connectivity index is 2.07. The van der Waals surface area contributed by atoms with Crippen molar-refractivity contribution in [1.82, 2.24) is 10.2 Å². The molecular formula is C22H31BrN2O2. The predicted molar refractivity (Wildman–Crippen MR) is 117 cm³/mol. The highest BCUT2D eigenvalue weighted by Crippen LogP contribution is 2.35. The minimum absolute atomic E-state index is 0.0933. The summed E-state index contributed by atoms with van der Waals surface area (Å²) in [4.78, 5) is 15.2. The molecule has 0 bridgehead atoms. The van der Waals surface area contributed by atoms with Crippen LogP contribution in [0.5, 0.6) is 5.75 Å². The van der Waals surface area contributed by atoms with Crippen LogP contribution in [0.3, 0.4) is 0 Å². The van der Waals surface area contributed by atoms with Gasteiger partial charge < -0.3 is 15.0 Å². The van der Waals surface area contributed by atoms with E-state index in [1.54, 1.807) is 7.11 Å². The molecule has 0 radical (unpaired) electrons. The number of halogens is 1. The van der Waals surface area contributed by atoms with Crippen LogP contribution in [0.1, 0.15) is 49.9 Å². The maximum atomic E-state index is 12.8. The molecule has 0 saturated carbocycles. The first kappa shape index (κ1) is 21.7. The van der Waals surface area contributed by atoms with E-state index in [-0.39, 0.29) is 5.91 Å². The second kappa shape index (κ2) is 11.3. The van der Waals surface area contributed by atoms with Gasteiger partial charge in [0, 0.05) is 22.9 Å². The number of ether oxygens (including phenoxy) is 1. The fourth-order valence-corrected chi connectivity index (χ4v) is 3.79. The summed E-state index contributed by atoms with van der Waals surface area (Å²) in [6.45, 7) is 8.13.